The predicted molar refractivity (Wildman–Crippen MR) is 111 cm³/mol. The van der Waals surface area contributed by atoms with Gasteiger partial charge >= 0.3 is 0 Å². The van der Waals surface area contributed by atoms with E-state index in [2.05, 4.69) is 16.0 Å². The first-order valence-electron chi connectivity index (χ1n) is 10.4. The van der Waals surface area contributed by atoms with E-state index in [1.165, 1.54) is 0 Å². The van der Waals surface area contributed by atoms with Gasteiger partial charge in [0.15, 0.2) is 17.6 Å². The van der Waals surface area contributed by atoms with Crippen LogP contribution in [0, 0.1) is 5.92 Å². The Morgan fingerprint density at radius 3 is 2.66 bits per heavy atom. The lowest BCUT2D eigenvalue weighted by Crippen LogP contribution is -2.42. The van der Waals surface area contributed by atoms with E-state index in [1.54, 1.807) is 4.90 Å². The van der Waals surface area contributed by atoms with Gasteiger partial charge < -0.3 is 14.4 Å². The van der Waals surface area contributed by atoms with Gasteiger partial charge in [0, 0.05) is 26.2 Å². The number of amides is 1. The van der Waals surface area contributed by atoms with Crippen molar-refractivity contribution >= 4 is 5.91 Å². The van der Waals surface area contributed by atoms with Crippen molar-refractivity contribution < 1.29 is 14.3 Å². The Bertz CT molecular complexity index is 806. The fourth-order valence-corrected chi connectivity index (χ4v) is 4.03. The van der Waals surface area contributed by atoms with Crippen LogP contribution in [-0.4, -0.2) is 60.1 Å². The SMILES string of the molecule is CN(C[C@H]1COc2ccccc2O1)C(=O)CC1CCN(Cc2ccccn2)CC1. The molecule has 0 spiro atoms. The number of carbonyl (C=O) groups excluding carboxylic acids is 1. The van der Waals surface area contributed by atoms with Crippen molar-refractivity contribution in [1.82, 2.24) is 14.8 Å². The number of benzene rings is 1. The normalized spacial score (nSPS) is 19.7. The van der Waals surface area contributed by atoms with E-state index >= 15 is 0 Å². The number of hydrogen-bond donors (Lipinski definition) is 0. The highest BCUT2D eigenvalue weighted by Crippen LogP contribution is 2.31. The summed E-state index contributed by atoms with van der Waals surface area (Å²) in [5, 5.41) is 0. The van der Waals surface area contributed by atoms with Gasteiger partial charge in [-0.1, -0.05) is 18.2 Å². The van der Waals surface area contributed by atoms with E-state index in [-0.39, 0.29) is 12.0 Å². The van der Waals surface area contributed by atoms with Gasteiger partial charge in [-0.2, -0.15) is 0 Å². The fourth-order valence-electron chi connectivity index (χ4n) is 4.03. The monoisotopic (exact) mass is 395 g/mol. The molecule has 0 bridgehead atoms. The maximum Gasteiger partial charge on any atom is 0.222 e. The van der Waals surface area contributed by atoms with Crippen LogP contribution in [-0.2, 0) is 11.3 Å². The smallest absolute Gasteiger partial charge is 0.222 e. The quantitative estimate of drug-likeness (QED) is 0.753. The van der Waals surface area contributed by atoms with Crippen LogP contribution in [0.3, 0.4) is 0 Å². The average Bonchev–Trinajstić information content (AvgIpc) is 2.76. The lowest BCUT2D eigenvalue weighted by Gasteiger charge is -2.33. The summed E-state index contributed by atoms with van der Waals surface area (Å²) in [5.41, 5.74) is 1.11. The summed E-state index contributed by atoms with van der Waals surface area (Å²) in [6.07, 6.45) is 4.44. The van der Waals surface area contributed by atoms with Crippen molar-refractivity contribution in [3.8, 4) is 11.5 Å². The molecule has 1 atom stereocenters. The van der Waals surface area contributed by atoms with E-state index < -0.39 is 0 Å². The standard InChI is InChI=1S/C23H29N3O3/c1-25(16-20-17-28-21-7-2-3-8-22(21)29-20)23(27)14-18-9-12-26(13-10-18)15-19-6-4-5-11-24-19/h2-8,11,18,20H,9-10,12-17H2,1H3/t20-/m0/s1. The van der Waals surface area contributed by atoms with E-state index in [1.807, 2.05) is 49.6 Å². The molecule has 154 valence electrons. The highest BCUT2D eigenvalue weighted by atomic mass is 16.6. The average molecular weight is 396 g/mol. The van der Waals surface area contributed by atoms with E-state index in [0.29, 0.717) is 25.5 Å². The molecule has 0 radical (unpaired) electrons. The lowest BCUT2D eigenvalue weighted by atomic mass is 9.93. The molecule has 0 saturated carbocycles. The van der Waals surface area contributed by atoms with Gasteiger partial charge in [0.2, 0.25) is 5.91 Å². The van der Waals surface area contributed by atoms with Crippen LogP contribution in [0.5, 0.6) is 11.5 Å². The number of likely N-dealkylation sites (N-methyl/N-ethyl adjacent to an activating group) is 1. The second kappa shape index (κ2) is 9.27. The summed E-state index contributed by atoms with van der Waals surface area (Å²) in [4.78, 5) is 21.3. The number of fused-ring (bicyclic) bond motifs is 1. The number of pyridine rings is 1. The highest BCUT2D eigenvalue weighted by molar-refractivity contribution is 5.76. The van der Waals surface area contributed by atoms with Crippen molar-refractivity contribution in [2.75, 3.05) is 33.3 Å². The Morgan fingerprint density at radius 1 is 1.14 bits per heavy atom. The number of rotatable bonds is 6. The number of piperidine rings is 1. The van der Waals surface area contributed by atoms with Gasteiger partial charge in [-0.25, -0.2) is 0 Å². The Kier molecular flexibility index (Phi) is 6.30. The molecule has 0 N–H and O–H groups in total. The molecule has 1 aromatic carbocycles. The maximum absolute atomic E-state index is 12.7. The first kappa shape index (κ1) is 19.7. The number of likely N-dealkylation sites (tertiary alicyclic amines) is 1. The summed E-state index contributed by atoms with van der Waals surface area (Å²) >= 11 is 0. The molecule has 1 aromatic heterocycles. The number of hydrogen-bond acceptors (Lipinski definition) is 5. The zero-order valence-corrected chi connectivity index (χ0v) is 17.0. The molecule has 1 amide bonds. The molecule has 2 aromatic rings. The van der Waals surface area contributed by atoms with Crippen LogP contribution >= 0.6 is 0 Å². The Morgan fingerprint density at radius 2 is 1.90 bits per heavy atom. The number of ether oxygens (including phenoxy) is 2. The number of para-hydroxylation sites is 2. The third-order valence-electron chi connectivity index (χ3n) is 5.75. The largest absolute Gasteiger partial charge is 0.486 e. The van der Waals surface area contributed by atoms with Crippen molar-refractivity contribution in [2.24, 2.45) is 5.92 Å². The second-order valence-electron chi connectivity index (χ2n) is 8.02. The van der Waals surface area contributed by atoms with Gasteiger partial charge in [0.05, 0.1) is 12.2 Å². The third-order valence-corrected chi connectivity index (χ3v) is 5.75. The summed E-state index contributed by atoms with van der Waals surface area (Å²) in [7, 11) is 1.86. The van der Waals surface area contributed by atoms with Gasteiger partial charge in [0.1, 0.15) is 6.61 Å². The predicted octanol–water partition coefficient (Wildman–Crippen LogP) is 2.98. The Labute approximate surface area is 172 Å². The maximum atomic E-state index is 12.7. The second-order valence-corrected chi connectivity index (χ2v) is 8.02. The zero-order valence-electron chi connectivity index (χ0n) is 17.0. The van der Waals surface area contributed by atoms with E-state index in [0.717, 1.165) is 49.7 Å². The molecule has 0 aliphatic carbocycles. The summed E-state index contributed by atoms with van der Waals surface area (Å²) in [5.74, 6) is 2.17. The number of carbonyl (C=O) groups is 1. The summed E-state index contributed by atoms with van der Waals surface area (Å²) < 4.78 is 11.7. The minimum absolute atomic E-state index is 0.126. The van der Waals surface area contributed by atoms with Crippen LogP contribution in [0.25, 0.3) is 0 Å². The summed E-state index contributed by atoms with van der Waals surface area (Å²) in [6.45, 7) is 3.96. The van der Waals surface area contributed by atoms with Crippen LogP contribution in [0.4, 0.5) is 0 Å². The summed E-state index contributed by atoms with van der Waals surface area (Å²) in [6, 6.07) is 13.7. The molecule has 4 rings (SSSR count). The first-order valence-corrected chi connectivity index (χ1v) is 10.4. The molecule has 6 nitrogen and oxygen atoms in total. The van der Waals surface area contributed by atoms with Crippen LogP contribution in [0.1, 0.15) is 25.0 Å². The molecule has 29 heavy (non-hydrogen) atoms. The van der Waals surface area contributed by atoms with Crippen molar-refractivity contribution in [3.63, 3.8) is 0 Å². The Balaban J connectivity index is 1.20. The fraction of sp³-hybridized carbons (Fsp3) is 0.478. The van der Waals surface area contributed by atoms with Crippen molar-refractivity contribution in [1.29, 1.82) is 0 Å². The number of aromatic nitrogens is 1. The number of nitrogens with zero attached hydrogens (tertiary/aromatic N) is 3. The molecule has 2 aliphatic heterocycles. The molecule has 3 heterocycles. The van der Waals surface area contributed by atoms with Gasteiger partial charge in [-0.3, -0.25) is 14.7 Å². The van der Waals surface area contributed by atoms with E-state index in [9.17, 15) is 4.79 Å². The van der Waals surface area contributed by atoms with Crippen LogP contribution < -0.4 is 9.47 Å². The Hall–Kier alpha value is -2.60. The van der Waals surface area contributed by atoms with Gasteiger partial charge in [-0.15, -0.1) is 0 Å². The minimum atomic E-state index is -0.126. The van der Waals surface area contributed by atoms with Crippen molar-refractivity contribution in [2.45, 2.75) is 31.9 Å². The van der Waals surface area contributed by atoms with Crippen molar-refractivity contribution in [3.05, 3.63) is 54.4 Å². The molecule has 2 aliphatic rings. The molecule has 1 fully saturated rings. The molecular weight excluding hydrogens is 366 g/mol. The first-order chi connectivity index (χ1) is 14.2. The van der Waals surface area contributed by atoms with Crippen LogP contribution in [0.15, 0.2) is 48.7 Å². The molecule has 0 unspecified atom stereocenters. The zero-order chi connectivity index (χ0) is 20.1. The molecular formula is C23H29N3O3. The molecule has 1 saturated heterocycles. The van der Waals surface area contributed by atoms with Crippen LogP contribution in [0.2, 0.25) is 0 Å². The van der Waals surface area contributed by atoms with Gasteiger partial charge in [0.25, 0.3) is 0 Å². The highest BCUT2D eigenvalue weighted by Gasteiger charge is 2.26. The van der Waals surface area contributed by atoms with E-state index in [4.69, 9.17) is 9.47 Å². The topological polar surface area (TPSA) is 54.9 Å². The lowest BCUT2D eigenvalue weighted by molar-refractivity contribution is -0.132. The third kappa shape index (κ3) is 5.26. The minimum Gasteiger partial charge on any atom is -0.486 e. The van der Waals surface area contributed by atoms with Gasteiger partial charge in [-0.05, 0) is 56.1 Å². The molecule has 6 heteroatoms.